The maximum absolute atomic E-state index is 11.6. The first kappa shape index (κ1) is 14.1. The molecule has 1 fully saturated rings. The normalized spacial score (nSPS) is 24.4. The molecule has 1 saturated heterocycles. The van der Waals surface area contributed by atoms with Crippen LogP contribution in [0.4, 0.5) is 0 Å². The van der Waals surface area contributed by atoms with Crippen LogP contribution in [-0.4, -0.2) is 50.6 Å². The number of sulfone groups is 1. The predicted molar refractivity (Wildman–Crippen MR) is 82.4 cm³/mol. The molecule has 0 aliphatic carbocycles. The van der Waals surface area contributed by atoms with E-state index >= 15 is 0 Å². The van der Waals surface area contributed by atoms with E-state index in [-0.39, 0.29) is 0 Å². The fourth-order valence-corrected chi connectivity index (χ4v) is 4.90. The zero-order valence-electron chi connectivity index (χ0n) is 11.4. The molecule has 3 rings (SSSR count). The largest absolute Gasteiger partial charge is 0.318 e. The van der Waals surface area contributed by atoms with Crippen molar-refractivity contribution in [2.24, 2.45) is 0 Å². The van der Waals surface area contributed by atoms with Crippen LogP contribution in [-0.2, 0) is 9.84 Å². The molecule has 5 heteroatoms. The van der Waals surface area contributed by atoms with E-state index in [2.05, 4.69) is 12.1 Å². The molecule has 2 aliphatic heterocycles. The Bertz CT molecular complexity index is 638. The van der Waals surface area contributed by atoms with Gasteiger partial charge in [-0.25, -0.2) is 8.42 Å². The predicted octanol–water partition coefficient (Wildman–Crippen LogP) is 2.37. The van der Waals surface area contributed by atoms with Crippen LogP contribution in [0.25, 0.3) is 5.57 Å². The number of benzene rings is 1. The summed E-state index contributed by atoms with van der Waals surface area (Å²) < 4.78 is 24.1. The Balaban J connectivity index is 1.77. The van der Waals surface area contributed by atoms with Crippen molar-refractivity contribution < 1.29 is 12.9 Å². The van der Waals surface area contributed by atoms with Crippen molar-refractivity contribution in [2.45, 2.75) is 6.42 Å². The van der Waals surface area contributed by atoms with Gasteiger partial charge in [-0.2, -0.15) is 0 Å². The van der Waals surface area contributed by atoms with Gasteiger partial charge in [0.25, 0.3) is 0 Å². The van der Waals surface area contributed by atoms with E-state index in [1.54, 1.807) is 0 Å². The Morgan fingerprint density at radius 3 is 2.35 bits per heavy atom. The van der Waals surface area contributed by atoms with Crippen molar-refractivity contribution in [1.29, 1.82) is 0 Å². The minimum absolute atomic E-state index is 0.336. The summed E-state index contributed by atoms with van der Waals surface area (Å²) in [5, 5.41) is 0.799. The van der Waals surface area contributed by atoms with Crippen molar-refractivity contribution in [3.63, 3.8) is 0 Å². The van der Waals surface area contributed by atoms with Gasteiger partial charge in [-0.15, -0.1) is 0 Å². The lowest BCUT2D eigenvalue weighted by Gasteiger charge is -2.43. The first-order chi connectivity index (χ1) is 9.50. The van der Waals surface area contributed by atoms with E-state index < -0.39 is 9.84 Å². The summed E-state index contributed by atoms with van der Waals surface area (Å²) in [4.78, 5) is 0. The van der Waals surface area contributed by atoms with E-state index in [0.717, 1.165) is 47.7 Å². The van der Waals surface area contributed by atoms with Gasteiger partial charge in [0.2, 0.25) is 0 Å². The molecular formula is C15H19ClNO2S+. The number of halogens is 1. The van der Waals surface area contributed by atoms with Gasteiger partial charge in [-0.1, -0.05) is 29.8 Å². The third kappa shape index (κ3) is 2.78. The summed E-state index contributed by atoms with van der Waals surface area (Å²) in [5.41, 5.74) is 2.42. The Kier molecular flexibility index (Phi) is 3.65. The molecule has 108 valence electrons. The minimum atomic E-state index is -2.79. The average Bonchev–Trinajstić information content (AvgIpc) is 2.44. The van der Waals surface area contributed by atoms with Crippen LogP contribution in [0.15, 0.2) is 30.3 Å². The Morgan fingerprint density at radius 1 is 1.05 bits per heavy atom. The molecule has 3 nitrogen and oxygen atoms in total. The van der Waals surface area contributed by atoms with E-state index in [9.17, 15) is 8.42 Å². The Labute approximate surface area is 125 Å². The summed E-state index contributed by atoms with van der Waals surface area (Å²) in [5.74, 6) is 0.671. The molecule has 0 radical (unpaired) electrons. The molecular weight excluding hydrogens is 294 g/mol. The molecule has 0 unspecified atom stereocenters. The lowest BCUT2D eigenvalue weighted by atomic mass is 9.98. The minimum Gasteiger partial charge on any atom is -0.318 e. The van der Waals surface area contributed by atoms with Crippen molar-refractivity contribution in [3.8, 4) is 0 Å². The molecule has 1 aromatic carbocycles. The highest BCUT2D eigenvalue weighted by molar-refractivity contribution is 7.91. The van der Waals surface area contributed by atoms with E-state index in [1.165, 1.54) is 5.57 Å². The summed E-state index contributed by atoms with van der Waals surface area (Å²) in [6.07, 6.45) is 3.23. The smallest absolute Gasteiger partial charge is 0.161 e. The van der Waals surface area contributed by atoms with Crippen molar-refractivity contribution >= 4 is 27.0 Å². The monoisotopic (exact) mass is 312 g/mol. The van der Waals surface area contributed by atoms with Crippen LogP contribution >= 0.6 is 11.6 Å². The van der Waals surface area contributed by atoms with Gasteiger partial charge in [-0.3, -0.25) is 0 Å². The molecule has 0 aromatic heterocycles. The van der Waals surface area contributed by atoms with E-state index in [0.29, 0.717) is 11.5 Å². The zero-order valence-corrected chi connectivity index (χ0v) is 13.0. The van der Waals surface area contributed by atoms with E-state index in [4.69, 9.17) is 11.6 Å². The van der Waals surface area contributed by atoms with Gasteiger partial charge in [0, 0.05) is 11.4 Å². The lowest BCUT2D eigenvalue weighted by Crippen LogP contribution is -2.58. The fraction of sp³-hybridized carbons (Fsp3) is 0.467. The maximum Gasteiger partial charge on any atom is 0.161 e. The van der Waals surface area contributed by atoms with Crippen LogP contribution < -0.4 is 0 Å². The maximum atomic E-state index is 11.6. The van der Waals surface area contributed by atoms with Crippen LogP contribution in [0.1, 0.15) is 12.0 Å². The Morgan fingerprint density at radius 2 is 1.75 bits per heavy atom. The number of nitrogens with zero attached hydrogens (tertiary/aromatic N) is 1. The van der Waals surface area contributed by atoms with Gasteiger partial charge in [-0.05, 0) is 23.3 Å². The number of hydrogen-bond donors (Lipinski definition) is 0. The van der Waals surface area contributed by atoms with Crippen LogP contribution in [0.5, 0.6) is 0 Å². The van der Waals surface area contributed by atoms with Crippen molar-refractivity contribution in [2.75, 3.05) is 37.7 Å². The summed E-state index contributed by atoms with van der Waals surface area (Å²) in [6.45, 7) is 3.46. The van der Waals surface area contributed by atoms with Gasteiger partial charge in [0.05, 0.1) is 37.7 Å². The summed E-state index contributed by atoms with van der Waals surface area (Å²) in [7, 11) is -2.79. The highest BCUT2D eigenvalue weighted by Gasteiger charge is 2.37. The lowest BCUT2D eigenvalue weighted by molar-refractivity contribution is -0.920. The zero-order chi connectivity index (χ0) is 14.2. The second-order valence-corrected chi connectivity index (χ2v) is 8.52. The van der Waals surface area contributed by atoms with Gasteiger partial charge < -0.3 is 4.48 Å². The first-order valence-electron chi connectivity index (χ1n) is 6.99. The second-order valence-electron chi connectivity index (χ2n) is 5.81. The van der Waals surface area contributed by atoms with Crippen LogP contribution in [0, 0.1) is 0 Å². The molecule has 1 aromatic rings. The third-order valence-corrected chi connectivity index (χ3v) is 6.49. The molecule has 2 heterocycles. The molecule has 0 saturated carbocycles. The van der Waals surface area contributed by atoms with Crippen LogP contribution in [0.3, 0.4) is 0 Å². The third-order valence-electron chi connectivity index (χ3n) is 4.55. The van der Waals surface area contributed by atoms with Crippen molar-refractivity contribution in [3.05, 3.63) is 40.9 Å². The van der Waals surface area contributed by atoms with E-state index in [1.807, 2.05) is 18.2 Å². The summed E-state index contributed by atoms with van der Waals surface area (Å²) in [6, 6.07) is 7.93. The van der Waals surface area contributed by atoms with Gasteiger partial charge in [0.15, 0.2) is 9.84 Å². The average molecular weight is 313 g/mol. The standard InChI is InChI=1S/C15H19ClNO2S/c16-15-4-2-1-3-14(15)13-5-7-17(8-6-13)9-11-20(18,19)12-10-17/h1-5H,6-12H2/q+1. The fourth-order valence-electron chi connectivity index (χ4n) is 3.11. The number of rotatable bonds is 1. The molecule has 2 aliphatic rings. The number of quaternary nitrogens is 1. The molecule has 1 spiro atoms. The molecule has 20 heavy (non-hydrogen) atoms. The molecule has 0 bridgehead atoms. The van der Waals surface area contributed by atoms with Crippen LogP contribution in [0.2, 0.25) is 5.02 Å². The highest BCUT2D eigenvalue weighted by Crippen LogP contribution is 2.31. The second kappa shape index (κ2) is 5.17. The molecule has 0 N–H and O–H groups in total. The topological polar surface area (TPSA) is 34.1 Å². The number of hydrogen-bond acceptors (Lipinski definition) is 2. The Hall–Kier alpha value is -0.840. The summed E-state index contributed by atoms with van der Waals surface area (Å²) >= 11 is 6.25. The highest BCUT2D eigenvalue weighted by atomic mass is 35.5. The molecule has 0 amide bonds. The molecule has 0 atom stereocenters. The van der Waals surface area contributed by atoms with Gasteiger partial charge >= 0.3 is 0 Å². The first-order valence-corrected chi connectivity index (χ1v) is 9.19. The quantitative estimate of drug-likeness (QED) is 0.746. The van der Waals surface area contributed by atoms with Crippen molar-refractivity contribution in [1.82, 2.24) is 0 Å². The SMILES string of the molecule is O=S1(=O)CC[N+]2(CC=C(c3ccccc3Cl)CC2)CC1. The van der Waals surface area contributed by atoms with Gasteiger partial charge in [0.1, 0.15) is 0 Å².